The Balaban J connectivity index is 1.36. The quantitative estimate of drug-likeness (QED) is 0.760. The van der Waals surface area contributed by atoms with Crippen LogP contribution in [0.1, 0.15) is 35.9 Å². The maximum Gasteiger partial charge on any atom is 0.224 e. The second kappa shape index (κ2) is 8.71. The zero-order chi connectivity index (χ0) is 19.3. The summed E-state index contributed by atoms with van der Waals surface area (Å²) in [5.74, 6) is 0.985. The van der Waals surface area contributed by atoms with Crippen LogP contribution >= 0.6 is 0 Å². The summed E-state index contributed by atoms with van der Waals surface area (Å²) < 4.78 is 16.4. The van der Waals surface area contributed by atoms with Gasteiger partial charge in [-0.3, -0.25) is 4.79 Å². The number of nitrogens with one attached hydrogen (secondary N) is 1. The minimum Gasteiger partial charge on any atom is -0.472 e. The van der Waals surface area contributed by atoms with Crippen LogP contribution in [0.25, 0.3) is 0 Å². The van der Waals surface area contributed by atoms with Crippen LogP contribution in [-0.2, 0) is 14.3 Å². The molecule has 2 aliphatic rings. The van der Waals surface area contributed by atoms with Gasteiger partial charge in [-0.2, -0.15) is 0 Å². The van der Waals surface area contributed by atoms with Crippen molar-refractivity contribution in [1.82, 2.24) is 10.3 Å². The van der Waals surface area contributed by atoms with Gasteiger partial charge in [0, 0.05) is 31.7 Å². The zero-order valence-electron chi connectivity index (χ0n) is 16.0. The largest absolute Gasteiger partial charge is 0.472 e. The molecule has 6 nitrogen and oxygen atoms in total. The minimum atomic E-state index is -0.231. The first kappa shape index (κ1) is 18.9. The lowest BCUT2D eigenvalue weighted by atomic mass is 10.1. The van der Waals surface area contributed by atoms with E-state index in [4.69, 9.17) is 14.2 Å². The molecule has 2 fully saturated rings. The molecule has 1 aromatic heterocycles. The van der Waals surface area contributed by atoms with Crippen molar-refractivity contribution in [2.75, 3.05) is 26.9 Å². The molecule has 1 saturated carbocycles. The van der Waals surface area contributed by atoms with E-state index >= 15 is 0 Å². The van der Waals surface area contributed by atoms with Gasteiger partial charge in [0.05, 0.1) is 25.9 Å². The maximum absolute atomic E-state index is 12.7. The highest BCUT2D eigenvalue weighted by Crippen LogP contribution is 2.47. The van der Waals surface area contributed by atoms with Crippen LogP contribution in [0.15, 0.2) is 48.7 Å². The predicted octanol–water partition coefficient (Wildman–Crippen LogP) is 2.86. The SMILES string of the molecule is COC[C@H](NC(=O)[C@H]1C[C@@H]1c1ccccc1)c1ccc(O[C@@H]2CCOC2)nc1. The van der Waals surface area contributed by atoms with Crippen LogP contribution in [-0.4, -0.2) is 43.9 Å². The molecule has 1 N–H and O–H groups in total. The Bertz CT molecular complexity index is 775. The Labute approximate surface area is 165 Å². The van der Waals surface area contributed by atoms with Crippen LogP contribution in [0.5, 0.6) is 5.88 Å². The fraction of sp³-hybridized carbons (Fsp3) is 0.455. The average molecular weight is 382 g/mol. The molecule has 1 aliphatic carbocycles. The smallest absolute Gasteiger partial charge is 0.224 e. The summed E-state index contributed by atoms with van der Waals surface area (Å²) in [6.45, 7) is 1.73. The number of hydrogen-bond donors (Lipinski definition) is 1. The molecule has 0 bridgehead atoms. The number of carbonyl (C=O) groups is 1. The van der Waals surface area contributed by atoms with Gasteiger partial charge >= 0.3 is 0 Å². The Morgan fingerprint density at radius 1 is 1.29 bits per heavy atom. The number of methoxy groups -OCH3 is 1. The molecule has 0 unspecified atom stereocenters. The zero-order valence-corrected chi connectivity index (χ0v) is 16.0. The third-order valence-electron chi connectivity index (χ3n) is 5.34. The molecular weight excluding hydrogens is 356 g/mol. The van der Waals surface area contributed by atoms with Crippen molar-refractivity contribution in [3.63, 3.8) is 0 Å². The van der Waals surface area contributed by atoms with Gasteiger partial charge in [-0.25, -0.2) is 4.98 Å². The molecule has 2 heterocycles. The van der Waals surface area contributed by atoms with Gasteiger partial charge in [-0.15, -0.1) is 0 Å². The van der Waals surface area contributed by atoms with Gasteiger partial charge in [0.1, 0.15) is 6.10 Å². The molecule has 1 amide bonds. The Hall–Kier alpha value is -2.44. The Morgan fingerprint density at radius 2 is 2.14 bits per heavy atom. The predicted molar refractivity (Wildman–Crippen MR) is 104 cm³/mol. The fourth-order valence-electron chi connectivity index (χ4n) is 3.66. The molecular formula is C22H26N2O4. The summed E-state index contributed by atoms with van der Waals surface area (Å²) in [4.78, 5) is 17.1. The van der Waals surface area contributed by atoms with Crippen molar-refractivity contribution < 1.29 is 19.0 Å². The third kappa shape index (κ3) is 4.51. The van der Waals surface area contributed by atoms with Crippen molar-refractivity contribution in [3.8, 4) is 5.88 Å². The van der Waals surface area contributed by atoms with E-state index in [0.717, 1.165) is 25.0 Å². The van der Waals surface area contributed by atoms with E-state index in [-0.39, 0.29) is 24.0 Å². The lowest BCUT2D eigenvalue weighted by Gasteiger charge is -2.19. The second-order valence-electron chi connectivity index (χ2n) is 7.41. The summed E-state index contributed by atoms with van der Waals surface area (Å²) in [5.41, 5.74) is 2.13. The number of benzene rings is 1. The lowest BCUT2D eigenvalue weighted by Crippen LogP contribution is -2.32. The van der Waals surface area contributed by atoms with Crippen molar-refractivity contribution in [1.29, 1.82) is 0 Å². The van der Waals surface area contributed by atoms with E-state index in [1.165, 1.54) is 5.56 Å². The summed E-state index contributed by atoms with van der Waals surface area (Å²) in [7, 11) is 1.63. The lowest BCUT2D eigenvalue weighted by molar-refractivity contribution is -0.123. The highest BCUT2D eigenvalue weighted by Gasteiger charge is 2.44. The molecule has 1 aromatic carbocycles. The number of ether oxygens (including phenoxy) is 3. The number of hydrogen-bond acceptors (Lipinski definition) is 5. The summed E-state index contributed by atoms with van der Waals surface area (Å²) in [6.07, 6.45) is 3.59. The van der Waals surface area contributed by atoms with E-state index in [2.05, 4.69) is 22.4 Å². The van der Waals surface area contributed by atoms with Gasteiger partial charge in [-0.1, -0.05) is 30.3 Å². The summed E-state index contributed by atoms with van der Waals surface area (Å²) in [6, 6.07) is 13.7. The molecule has 4 rings (SSSR count). The molecule has 28 heavy (non-hydrogen) atoms. The van der Waals surface area contributed by atoms with Crippen molar-refractivity contribution in [2.24, 2.45) is 5.92 Å². The first-order valence-electron chi connectivity index (χ1n) is 9.79. The average Bonchev–Trinajstić information content (AvgIpc) is 3.38. The summed E-state index contributed by atoms with van der Waals surface area (Å²) in [5, 5.41) is 3.12. The molecule has 148 valence electrons. The molecule has 1 aliphatic heterocycles. The van der Waals surface area contributed by atoms with Crippen molar-refractivity contribution in [2.45, 2.75) is 30.9 Å². The highest BCUT2D eigenvalue weighted by molar-refractivity contribution is 5.83. The molecule has 6 heteroatoms. The second-order valence-corrected chi connectivity index (χ2v) is 7.41. The number of carbonyl (C=O) groups excluding carboxylic acids is 1. The topological polar surface area (TPSA) is 69.7 Å². The van der Waals surface area contributed by atoms with Crippen LogP contribution in [0.4, 0.5) is 0 Å². The number of amides is 1. The van der Waals surface area contributed by atoms with E-state index < -0.39 is 0 Å². The number of rotatable bonds is 8. The standard InChI is InChI=1S/C22H26N2O4/c1-26-14-20(16-7-8-21(23-12-16)28-17-9-10-27-13-17)24-22(25)19-11-18(19)15-5-3-2-4-6-15/h2-8,12,17-20H,9-11,13-14H2,1H3,(H,24,25)/t17-,18-,19+,20+/m1/s1. The molecule has 0 radical (unpaired) electrons. The molecule has 1 saturated heterocycles. The van der Waals surface area contributed by atoms with Crippen LogP contribution in [0, 0.1) is 5.92 Å². The van der Waals surface area contributed by atoms with Crippen LogP contribution < -0.4 is 10.1 Å². The first-order valence-corrected chi connectivity index (χ1v) is 9.79. The highest BCUT2D eigenvalue weighted by atomic mass is 16.5. The van der Waals surface area contributed by atoms with E-state index in [1.54, 1.807) is 13.3 Å². The monoisotopic (exact) mass is 382 g/mol. The normalized spacial score (nSPS) is 24.5. The molecule has 4 atom stereocenters. The number of aromatic nitrogens is 1. The number of pyridine rings is 1. The van der Waals surface area contributed by atoms with Crippen LogP contribution in [0.2, 0.25) is 0 Å². The fourth-order valence-corrected chi connectivity index (χ4v) is 3.66. The van der Waals surface area contributed by atoms with Gasteiger partial charge in [0.25, 0.3) is 0 Å². The van der Waals surface area contributed by atoms with Gasteiger partial charge in [0.2, 0.25) is 11.8 Å². The van der Waals surface area contributed by atoms with Crippen LogP contribution in [0.3, 0.4) is 0 Å². The minimum absolute atomic E-state index is 0.0275. The van der Waals surface area contributed by atoms with Gasteiger partial charge < -0.3 is 19.5 Å². The van der Waals surface area contributed by atoms with Gasteiger partial charge in [0.15, 0.2) is 0 Å². The first-order chi connectivity index (χ1) is 13.7. The molecule has 0 spiro atoms. The Morgan fingerprint density at radius 3 is 2.82 bits per heavy atom. The third-order valence-corrected chi connectivity index (χ3v) is 5.34. The molecule has 2 aromatic rings. The Kier molecular flexibility index (Phi) is 5.88. The maximum atomic E-state index is 12.7. The van der Waals surface area contributed by atoms with E-state index in [9.17, 15) is 4.79 Å². The van der Waals surface area contributed by atoms with Gasteiger partial charge in [-0.05, 0) is 29.5 Å². The van der Waals surface area contributed by atoms with Crippen molar-refractivity contribution >= 4 is 5.91 Å². The van der Waals surface area contributed by atoms with E-state index in [1.807, 2.05) is 30.3 Å². The number of nitrogens with zero attached hydrogens (tertiary/aromatic N) is 1. The summed E-state index contributed by atoms with van der Waals surface area (Å²) >= 11 is 0. The van der Waals surface area contributed by atoms with E-state index in [0.29, 0.717) is 25.0 Å². The van der Waals surface area contributed by atoms with Crippen molar-refractivity contribution in [3.05, 3.63) is 59.8 Å².